The quantitative estimate of drug-likeness (QED) is 0.366. The topological polar surface area (TPSA) is 36.4 Å². The third-order valence-electron chi connectivity index (χ3n) is 5.91. The number of aliphatic hydroxyl groups is 1. The summed E-state index contributed by atoms with van der Waals surface area (Å²) in [5.74, 6) is 0. The van der Waals surface area contributed by atoms with E-state index in [-0.39, 0.29) is 0 Å². The van der Waals surface area contributed by atoms with E-state index in [1.165, 1.54) is 5.56 Å². The standard InChI is InChI=1S/C27H35ClN2O/c1-5-7-13-30(14-8-6-2)18-27(31)23-16-25(21-11-9-19(3)10-12-21)29-26-17-24(28)20(4)15-22(23)26/h9-12,15-17,27,31H,5-8,13-14,18H2,1-4H3. The van der Waals surface area contributed by atoms with E-state index in [0.717, 1.165) is 72.1 Å². The Balaban J connectivity index is 2.03. The Labute approximate surface area is 192 Å². The van der Waals surface area contributed by atoms with Crippen LogP contribution >= 0.6 is 11.6 Å². The number of benzene rings is 2. The van der Waals surface area contributed by atoms with Crippen LogP contribution in [0.25, 0.3) is 22.2 Å². The van der Waals surface area contributed by atoms with Crippen LogP contribution in [-0.2, 0) is 0 Å². The van der Waals surface area contributed by atoms with Crippen molar-refractivity contribution in [3.63, 3.8) is 0 Å². The Kier molecular flexibility index (Phi) is 8.48. The average Bonchev–Trinajstić information content (AvgIpc) is 2.76. The number of fused-ring (bicyclic) bond motifs is 1. The molecule has 166 valence electrons. The second-order valence-electron chi connectivity index (χ2n) is 8.60. The molecule has 0 saturated carbocycles. The van der Waals surface area contributed by atoms with Gasteiger partial charge in [0, 0.05) is 22.5 Å². The summed E-state index contributed by atoms with van der Waals surface area (Å²) in [6.45, 7) is 11.2. The molecular weight excluding hydrogens is 404 g/mol. The Hall–Kier alpha value is -1.94. The highest BCUT2D eigenvalue weighted by molar-refractivity contribution is 6.32. The molecule has 1 N–H and O–H groups in total. The first-order valence-corrected chi connectivity index (χ1v) is 11.9. The van der Waals surface area contributed by atoms with Crippen molar-refractivity contribution in [3.8, 4) is 11.3 Å². The summed E-state index contributed by atoms with van der Waals surface area (Å²) in [4.78, 5) is 7.29. The van der Waals surface area contributed by atoms with Gasteiger partial charge in [0.1, 0.15) is 0 Å². The van der Waals surface area contributed by atoms with Crippen LogP contribution in [-0.4, -0.2) is 34.6 Å². The maximum atomic E-state index is 11.4. The molecule has 31 heavy (non-hydrogen) atoms. The molecule has 0 aliphatic heterocycles. The monoisotopic (exact) mass is 438 g/mol. The summed E-state index contributed by atoms with van der Waals surface area (Å²) in [5.41, 5.74) is 5.89. The lowest BCUT2D eigenvalue weighted by Crippen LogP contribution is -2.31. The Morgan fingerprint density at radius 3 is 2.23 bits per heavy atom. The number of hydrogen-bond acceptors (Lipinski definition) is 3. The minimum Gasteiger partial charge on any atom is -0.387 e. The van der Waals surface area contributed by atoms with Crippen LogP contribution in [0.4, 0.5) is 0 Å². The van der Waals surface area contributed by atoms with E-state index in [2.05, 4.69) is 62.1 Å². The van der Waals surface area contributed by atoms with Crippen LogP contribution in [0.5, 0.6) is 0 Å². The molecule has 1 aromatic heterocycles. The maximum Gasteiger partial charge on any atom is 0.0924 e. The van der Waals surface area contributed by atoms with E-state index >= 15 is 0 Å². The van der Waals surface area contributed by atoms with Crippen molar-refractivity contribution < 1.29 is 5.11 Å². The molecule has 1 heterocycles. The van der Waals surface area contributed by atoms with Gasteiger partial charge >= 0.3 is 0 Å². The number of rotatable bonds is 10. The van der Waals surface area contributed by atoms with Gasteiger partial charge in [-0.05, 0) is 69.1 Å². The SMILES string of the molecule is CCCCN(CCCC)CC(O)c1cc(-c2ccc(C)cc2)nc2cc(Cl)c(C)cc12. The number of aliphatic hydroxyl groups excluding tert-OH is 1. The van der Waals surface area contributed by atoms with Gasteiger partial charge < -0.3 is 10.0 Å². The molecule has 0 saturated heterocycles. The normalized spacial score (nSPS) is 12.6. The average molecular weight is 439 g/mol. The molecule has 3 nitrogen and oxygen atoms in total. The highest BCUT2D eigenvalue weighted by atomic mass is 35.5. The van der Waals surface area contributed by atoms with Gasteiger partial charge in [-0.15, -0.1) is 0 Å². The van der Waals surface area contributed by atoms with E-state index in [9.17, 15) is 5.11 Å². The van der Waals surface area contributed by atoms with Crippen LogP contribution in [0, 0.1) is 13.8 Å². The number of unbranched alkanes of at least 4 members (excludes halogenated alkanes) is 2. The molecule has 0 fully saturated rings. The molecule has 0 bridgehead atoms. The molecule has 0 spiro atoms. The molecule has 0 amide bonds. The lowest BCUT2D eigenvalue weighted by Gasteiger charge is -2.26. The first kappa shape index (κ1) is 23.7. The van der Waals surface area contributed by atoms with E-state index in [1.54, 1.807) is 0 Å². The fourth-order valence-electron chi connectivity index (χ4n) is 3.93. The first-order valence-electron chi connectivity index (χ1n) is 11.5. The second kappa shape index (κ2) is 11.1. The Morgan fingerprint density at radius 1 is 0.968 bits per heavy atom. The molecule has 1 atom stereocenters. The van der Waals surface area contributed by atoms with Crippen LogP contribution in [0.1, 0.15) is 62.3 Å². The highest BCUT2D eigenvalue weighted by Crippen LogP contribution is 2.32. The zero-order valence-electron chi connectivity index (χ0n) is 19.3. The summed E-state index contributed by atoms with van der Waals surface area (Å²) in [6, 6.07) is 14.4. The zero-order valence-corrected chi connectivity index (χ0v) is 20.0. The molecule has 3 rings (SSSR count). The molecular formula is C27H35ClN2O. The van der Waals surface area contributed by atoms with Crippen LogP contribution in [0.3, 0.4) is 0 Å². The molecule has 3 aromatic rings. The number of pyridine rings is 1. The highest BCUT2D eigenvalue weighted by Gasteiger charge is 2.19. The largest absolute Gasteiger partial charge is 0.387 e. The summed E-state index contributed by atoms with van der Waals surface area (Å²) in [7, 11) is 0. The van der Waals surface area contributed by atoms with Gasteiger partial charge in [0.15, 0.2) is 0 Å². The van der Waals surface area contributed by atoms with Gasteiger partial charge in [-0.2, -0.15) is 0 Å². The van der Waals surface area contributed by atoms with Crippen molar-refractivity contribution in [2.75, 3.05) is 19.6 Å². The summed E-state index contributed by atoms with van der Waals surface area (Å²) in [6.07, 6.45) is 4.04. The van der Waals surface area contributed by atoms with Crippen molar-refractivity contribution in [1.29, 1.82) is 0 Å². The third-order valence-corrected chi connectivity index (χ3v) is 6.32. The van der Waals surface area contributed by atoms with Gasteiger partial charge in [-0.25, -0.2) is 4.98 Å². The fourth-order valence-corrected chi connectivity index (χ4v) is 4.09. The maximum absolute atomic E-state index is 11.4. The van der Waals surface area contributed by atoms with Crippen LogP contribution < -0.4 is 0 Å². The zero-order chi connectivity index (χ0) is 22.4. The Morgan fingerprint density at radius 2 is 1.61 bits per heavy atom. The molecule has 0 radical (unpaired) electrons. The number of hydrogen-bond donors (Lipinski definition) is 1. The summed E-state index contributed by atoms with van der Waals surface area (Å²) < 4.78 is 0. The number of aromatic nitrogens is 1. The number of aryl methyl sites for hydroxylation is 2. The predicted molar refractivity (Wildman–Crippen MR) is 133 cm³/mol. The van der Waals surface area contributed by atoms with E-state index in [0.29, 0.717) is 11.6 Å². The van der Waals surface area contributed by atoms with Gasteiger partial charge in [0.05, 0.1) is 17.3 Å². The Bertz CT molecular complexity index is 992. The van der Waals surface area contributed by atoms with Gasteiger partial charge in [-0.1, -0.05) is 68.1 Å². The summed E-state index contributed by atoms with van der Waals surface area (Å²) >= 11 is 6.43. The molecule has 2 aromatic carbocycles. The van der Waals surface area contributed by atoms with Crippen LogP contribution in [0.15, 0.2) is 42.5 Å². The summed E-state index contributed by atoms with van der Waals surface area (Å²) in [5, 5.41) is 13.0. The molecule has 0 aliphatic carbocycles. The smallest absolute Gasteiger partial charge is 0.0924 e. The van der Waals surface area contributed by atoms with Crippen molar-refractivity contribution in [2.24, 2.45) is 0 Å². The third kappa shape index (κ3) is 6.06. The molecule has 1 unspecified atom stereocenters. The fraction of sp³-hybridized carbons (Fsp3) is 0.444. The van der Waals surface area contributed by atoms with Crippen molar-refractivity contribution >= 4 is 22.5 Å². The van der Waals surface area contributed by atoms with Gasteiger partial charge in [-0.3, -0.25) is 0 Å². The number of halogens is 1. The van der Waals surface area contributed by atoms with Crippen LogP contribution in [0.2, 0.25) is 5.02 Å². The first-order chi connectivity index (χ1) is 14.9. The second-order valence-corrected chi connectivity index (χ2v) is 9.01. The van der Waals surface area contributed by atoms with E-state index in [4.69, 9.17) is 16.6 Å². The predicted octanol–water partition coefficient (Wildman–Crippen LogP) is 7.11. The minimum atomic E-state index is -0.580. The van der Waals surface area contributed by atoms with Gasteiger partial charge in [0.25, 0.3) is 0 Å². The van der Waals surface area contributed by atoms with Crippen molar-refractivity contribution in [2.45, 2.75) is 59.5 Å². The number of nitrogens with zero attached hydrogens (tertiary/aromatic N) is 2. The van der Waals surface area contributed by atoms with Crippen molar-refractivity contribution in [3.05, 3.63) is 64.2 Å². The van der Waals surface area contributed by atoms with E-state index < -0.39 is 6.10 Å². The lowest BCUT2D eigenvalue weighted by atomic mass is 9.98. The van der Waals surface area contributed by atoms with Gasteiger partial charge in [0.2, 0.25) is 0 Å². The lowest BCUT2D eigenvalue weighted by molar-refractivity contribution is 0.112. The molecule has 4 heteroatoms. The molecule has 0 aliphatic rings. The minimum absolute atomic E-state index is 0.580. The van der Waals surface area contributed by atoms with E-state index in [1.807, 2.05) is 13.0 Å². The van der Waals surface area contributed by atoms with Crippen molar-refractivity contribution in [1.82, 2.24) is 9.88 Å².